The Hall–Kier alpha value is -3.78. The van der Waals surface area contributed by atoms with Gasteiger partial charge in [0.2, 0.25) is 17.7 Å². The number of benzene rings is 2. The zero-order chi connectivity index (χ0) is 38.4. The molecule has 0 radical (unpaired) electrons. The van der Waals surface area contributed by atoms with Crippen LogP contribution in [0.2, 0.25) is 0 Å². The molecular weight excluding hydrogens is 693 g/mol. The minimum Gasteiger partial charge on any atom is -0.377 e. The molecule has 1 aliphatic heterocycles. The number of hydrogen-bond donors (Lipinski definition) is 2. The van der Waals surface area contributed by atoms with Gasteiger partial charge in [0.25, 0.3) is 0 Å². The number of ether oxygens (including phenoxy) is 3. The third-order valence-electron chi connectivity index (χ3n) is 9.50. The van der Waals surface area contributed by atoms with Crippen LogP contribution >= 0.6 is 11.9 Å². The maximum absolute atomic E-state index is 13.9. The number of hydrogen-bond acceptors (Lipinski definition) is 9. The monoisotopic (exact) mass is 750 g/mol. The quantitative estimate of drug-likeness (QED) is 0.0915. The molecule has 0 bridgehead atoms. The maximum atomic E-state index is 13.9. The highest BCUT2D eigenvalue weighted by Gasteiger charge is 2.30. The van der Waals surface area contributed by atoms with Crippen LogP contribution in [0.15, 0.2) is 48.5 Å². The zero-order valence-electron chi connectivity index (χ0n) is 32.5. The van der Waals surface area contributed by atoms with Gasteiger partial charge in [0.05, 0.1) is 56.0 Å². The highest BCUT2D eigenvalue weighted by Crippen LogP contribution is 2.41. The van der Waals surface area contributed by atoms with Crippen LogP contribution in [-0.4, -0.2) is 83.1 Å². The van der Waals surface area contributed by atoms with Gasteiger partial charge in [-0.05, 0) is 51.7 Å². The lowest BCUT2D eigenvalue weighted by Crippen LogP contribution is -2.37. The Morgan fingerprint density at radius 3 is 2.42 bits per heavy atom. The number of para-hydroxylation sites is 1. The van der Waals surface area contributed by atoms with Crippen molar-refractivity contribution in [3.63, 3.8) is 0 Å². The number of fused-ring (bicyclic) bond motifs is 5. The fourth-order valence-electron chi connectivity index (χ4n) is 5.86. The van der Waals surface area contributed by atoms with Gasteiger partial charge in [-0.1, -0.05) is 87.3 Å². The number of rotatable bonds is 21. The van der Waals surface area contributed by atoms with Crippen LogP contribution in [-0.2, 0) is 41.7 Å². The molecule has 4 rings (SSSR count). The summed E-state index contributed by atoms with van der Waals surface area (Å²) in [5, 5.41) is 12.1. The second kappa shape index (κ2) is 20.1. The topological polar surface area (TPSA) is 137 Å². The van der Waals surface area contributed by atoms with Crippen LogP contribution in [0.5, 0.6) is 0 Å². The summed E-state index contributed by atoms with van der Waals surface area (Å²) in [6.45, 7) is 17.1. The number of nitrogens with one attached hydrogen (secondary N) is 2. The Kier molecular flexibility index (Phi) is 15.9. The van der Waals surface area contributed by atoms with Crippen molar-refractivity contribution in [1.29, 1.82) is 0 Å². The number of carbonyl (C=O) groups is 3. The predicted molar refractivity (Wildman–Crippen MR) is 210 cm³/mol. The van der Waals surface area contributed by atoms with E-state index < -0.39 is 11.0 Å². The van der Waals surface area contributed by atoms with Crippen molar-refractivity contribution in [1.82, 2.24) is 25.0 Å². The molecule has 3 aromatic rings. The molecule has 12 nitrogen and oxygen atoms in total. The van der Waals surface area contributed by atoms with Crippen LogP contribution in [0, 0.1) is 5.41 Å². The molecule has 1 unspecified atom stereocenters. The molecule has 0 fully saturated rings. The number of nitrogens with zero attached hydrogens (tertiary/aromatic N) is 4. The third-order valence-corrected chi connectivity index (χ3v) is 10.1. The van der Waals surface area contributed by atoms with Gasteiger partial charge in [-0.25, -0.2) is 4.68 Å². The SMILES string of the molecule is CCSNC(=O)C(C)(C)CCOC(C)(C)CCNC(=O)CCC(=O)N1Cc2ccccc2-c2c(nnn2CCOCCOC(C)CC)-c2ccccc21. The minimum absolute atomic E-state index is 0.00975. The van der Waals surface area contributed by atoms with E-state index in [1.165, 1.54) is 11.9 Å². The van der Waals surface area contributed by atoms with Crippen molar-refractivity contribution in [2.24, 2.45) is 5.41 Å². The molecule has 1 aliphatic rings. The average molecular weight is 751 g/mol. The number of carbonyl (C=O) groups excluding carboxylic acids is 3. The van der Waals surface area contributed by atoms with Gasteiger partial charge in [-0.3, -0.25) is 19.1 Å². The third kappa shape index (κ3) is 12.1. The first-order valence-electron chi connectivity index (χ1n) is 18.8. The molecule has 3 amide bonds. The van der Waals surface area contributed by atoms with Crippen LogP contribution < -0.4 is 14.9 Å². The van der Waals surface area contributed by atoms with E-state index in [-0.39, 0.29) is 36.7 Å². The van der Waals surface area contributed by atoms with E-state index in [9.17, 15) is 14.4 Å². The number of aromatic nitrogens is 3. The van der Waals surface area contributed by atoms with Crippen molar-refractivity contribution < 1.29 is 28.6 Å². The molecule has 2 N–H and O–H groups in total. The standard InChI is InChI=1S/C40H58N6O6S/c1-8-29(3)51-27-26-50-25-23-46-37-31-15-11-10-14-30(31)28-45(33-17-13-12-16-32(33)36(37)42-44-46)35(48)19-18-34(47)41-22-20-40(6,7)52-24-21-39(4,5)38(49)43-53-9-2/h10-17,29H,8-9,18-28H2,1-7H3,(H,41,47)(H,43,49). The zero-order valence-corrected chi connectivity index (χ0v) is 33.4. The predicted octanol–water partition coefficient (Wildman–Crippen LogP) is 6.57. The van der Waals surface area contributed by atoms with Gasteiger partial charge in [0.1, 0.15) is 5.69 Å². The van der Waals surface area contributed by atoms with E-state index in [0.29, 0.717) is 64.6 Å². The Morgan fingerprint density at radius 1 is 0.925 bits per heavy atom. The van der Waals surface area contributed by atoms with E-state index in [4.69, 9.17) is 14.2 Å². The van der Waals surface area contributed by atoms with E-state index in [2.05, 4.69) is 34.2 Å². The van der Waals surface area contributed by atoms with Crippen LogP contribution in [0.4, 0.5) is 5.69 Å². The largest absolute Gasteiger partial charge is 0.377 e. The van der Waals surface area contributed by atoms with Crippen LogP contribution in [0.1, 0.15) is 86.1 Å². The van der Waals surface area contributed by atoms with Crippen molar-refractivity contribution in [2.45, 2.75) is 105 Å². The van der Waals surface area contributed by atoms with Crippen LogP contribution in [0.25, 0.3) is 22.5 Å². The Morgan fingerprint density at radius 2 is 1.66 bits per heavy atom. The molecule has 0 saturated carbocycles. The first-order valence-corrected chi connectivity index (χ1v) is 19.8. The molecule has 2 heterocycles. The van der Waals surface area contributed by atoms with Gasteiger partial charge >= 0.3 is 0 Å². The summed E-state index contributed by atoms with van der Waals surface area (Å²) in [6.07, 6.45) is 2.44. The first-order chi connectivity index (χ1) is 25.4. The van der Waals surface area contributed by atoms with E-state index in [0.717, 1.165) is 40.2 Å². The molecule has 13 heteroatoms. The normalized spacial score (nSPS) is 13.3. The Balaban J connectivity index is 1.35. The molecular formula is C40H58N6O6S. The maximum Gasteiger partial charge on any atom is 0.235 e. The summed E-state index contributed by atoms with van der Waals surface area (Å²) in [7, 11) is 0. The van der Waals surface area contributed by atoms with Gasteiger partial charge < -0.3 is 24.4 Å². The van der Waals surface area contributed by atoms with E-state index in [1.807, 2.05) is 87.8 Å². The summed E-state index contributed by atoms with van der Waals surface area (Å²) in [5.41, 5.74) is 3.96. The number of anilines is 1. The lowest BCUT2D eigenvalue weighted by Gasteiger charge is -2.29. The fourth-order valence-corrected chi connectivity index (χ4v) is 6.42. The van der Waals surface area contributed by atoms with Crippen molar-refractivity contribution in [3.8, 4) is 22.5 Å². The molecule has 1 atom stereocenters. The number of amides is 3. The summed E-state index contributed by atoms with van der Waals surface area (Å²) in [6, 6.07) is 15.7. The minimum atomic E-state index is -0.549. The Labute approximate surface area is 319 Å². The molecule has 0 spiro atoms. The Bertz CT molecular complexity index is 1660. The highest BCUT2D eigenvalue weighted by atomic mass is 32.2. The molecule has 0 saturated heterocycles. The van der Waals surface area contributed by atoms with Crippen molar-refractivity contribution in [2.75, 3.05) is 43.6 Å². The summed E-state index contributed by atoms with van der Waals surface area (Å²) in [4.78, 5) is 41.0. The highest BCUT2D eigenvalue weighted by molar-refractivity contribution is 7.97. The van der Waals surface area contributed by atoms with E-state index in [1.54, 1.807) is 4.90 Å². The van der Waals surface area contributed by atoms with Crippen molar-refractivity contribution >= 4 is 35.4 Å². The summed E-state index contributed by atoms with van der Waals surface area (Å²) in [5.74, 6) is 0.452. The van der Waals surface area contributed by atoms with Gasteiger partial charge in [0, 0.05) is 48.3 Å². The lowest BCUT2D eigenvalue weighted by atomic mass is 9.89. The van der Waals surface area contributed by atoms with Gasteiger partial charge in [-0.15, -0.1) is 5.10 Å². The fraction of sp³-hybridized carbons (Fsp3) is 0.575. The average Bonchev–Trinajstić information content (AvgIpc) is 3.55. The lowest BCUT2D eigenvalue weighted by molar-refractivity contribution is -0.129. The smallest absolute Gasteiger partial charge is 0.235 e. The molecule has 290 valence electrons. The first kappa shape index (κ1) is 42.0. The van der Waals surface area contributed by atoms with E-state index >= 15 is 0 Å². The summed E-state index contributed by atoms with van der Waals surface area (Å²) < 4.78 is 22.5. The van der Waals surface area contributed by atoms with Crippen LogP contribution in [0.3, 0.4) is 0 Å². The molecule has 0 aliphatic carbocycles. The van der Waals surface area contributed by atoms with Crippen molar-refractivity contribution in [3.05, 3.63) is 54.1 Å². The van der Waals surface area contributed by atoms with Gasteiger partial charge in [0.15, 0.2) is 0 Å². The van der Waals surface area contributed by atoms with Gasteiger partial charge in [-0.2, -0.15) is 0 Å². The second-order valence-electron chi connectivity index (χ2n) is 14.6. The molecule has 2 aromatic carbocycles. The second-order valence-corrected chi connectivity index (χ2v) is 15.6. The molecule has 1 aromatic heterocycles. The summed E-state index contributed by atoms with van der Waals surface area (Å²) >= 11 is 1.39. The molecule has 53 heavy (non-hydrogen) atoms.